The third-order valence-electron chi connectivity index (χ3n) is 4.30. The number of hydrogen-bond acceptors (Lipinski definition) is 7. The van der Waals surface area contributed by atoms with E-state index >= 15 is 0 Å². The van der Waals surface area contributed by atoms with Gasteiger partial charge in [0.1, 0.15) is 17.4 Å². The highest BCUT2D eigenvalue weighted by atomic mass is 32.2. The molecule has 6 nitrogen and oxygen atoms in total. The maximum absolute atomic E-state index is 9.76. The van der Waals surface area contributed by atoms with Crippen LogP contribution in [0.4, 0.5) is 0 Å². The Labute approximate surface area is 159 Å². The van der Waals surface area contributed by atoms with Gasteiger partial charge in [0.05, 0.1) is 17.0 Å². The number of nitrogens with one attached hydrogen (secondary N) is 1. The average molecular weight is 381 g/mol. The second kappa shape index (κ2) is 7.89. The molecule has 0 radical (unpaired) electrons. The van der Waals surface area contributed by atoms with Crippen molar-refractivity contribution in [1.29, 1.82) is 5.26 Å². The molecule has 0 amide bonds. The van der Waals surface area contributed by atoms with E-state index in [4.69, 9.17) is 4.98 Å². The zero-order chi connectivity index (χ0) is 17.8. The van der Waals surface area contributed by atoms with Crippen LogP contribution < -0.4 is 0 Å². The number of thioether (sulfide) groups is 2. The summed E-state index contributed by atoms with van der Waals surface area (Å²) in [6, 6.07) is 6.08. The van der Waals surface area contributed by atoms with Crippen molar-refractivity contribution in [2.45, 2.75) is 29.5 Å². The third-order valence-corrected chi connectivity index (χ3v) is 6.82. The van der Waals surface area contributed by atoms with E-state index in [1.165, 1.54) is 25.6 Å². The van der Waals surface area contributed by atoms with Crippen LogP contribution in [-0.2, 0) is 0 Å². The normalized spacial score (nSPS) is 14.0. The Morgan fingerprint density at radius 2 is 2.12 bits per heavy atom. The van der Waals surface area contributed by atoms with Crippen LogP contribution in [0.3, 0.4) is 0 Å². The van der Waals surface area contributed by atoms with Crippen molar-refractivity contribution in [2.24, 2.45) is 0 Å². The topological polar surface area (TPSA) is 91.1 Å². The van der Waals surface area contributed by atoms with E-state index < -0.39 is 0 Å². The number of nitriles is 1. The first kappa shape index (κ1) is 17.1. The van der Waals surface area contributed by atoms with Crippen molar-refractivity contribution in [3.63, 3.8) is 0 Å². The maximum atomic E-state index is 9.76. The molecule has 0 aromatic carbocycles. The lowest BCUT2D eigenvalue weighted by Crippen LogP contribution is -2.13. The minimum atomic E-state index is 0.578. The Kier molecular flexibility index (Phi) is 5.18. The predicted octanol–water partition coefficient (Wildman–Crippen LogP) is 4.14. The van der Waals surface area contributed by atoms with Crippen LogP contribution in [0.25, 0.3) is 22.5 Å². The van der Waals surface area contributed by atoms with Crippen LogP contribution in [0.15, 0.2) is 42.1 Å². The number of hydrogen-bond donors (Lipinski definition) is 1. The Balaban J connectivity index is 1.72. The largest absolute Gasteiger partial charge is 0.278 e. The zero-order valence-electron chi connectivity index (χ0n) is 13.9. The molecule has 1 saturated carbocycles. The summed E-state index contributed by atoms with van der Waals surface area (Å²) in [5, 5.41) is 19.1. The molecule has 0 aliphatic heterocycles. The molecule has 0 bridgehead atoms. The average Bonchev–Trinajstić information content (AvgIpc) is 3.18. The molecule has 26 heavy (non-hydrogen) atoms. The fraction of sp³-hybridized carbons (Fsp3) is 0.278. The first-order valence-corrected chi connectivity index (χ1v) is 10.3. The van der Waals surface area contributed by atoms with Gasteiger partial charge >= 0.3 is 0 Å². The van der Waals surface area contributed by atoms with Gasteiger partial charge in [0.2, 0.25) is 0 Å². The monoisotopic (exact) mass is 380 g/mol. The van der Waals surface area contributed by atoms with Crippen molar-refractivity contribution >= 4 is 23.5 Å². The molecule has 1 aliphatic carbocycles. The van der Waals surface area contributed by atoms with Crippen molar-refractivity contribution in [3.8, 4) is 28.6 Å². The highest BCUT2D eigenvalue weighted by Gasteiger charge is 2.20. The Hall–Kier alpha value is -2.37. The van der Waals surface area contributed by atoms with Crippen LogP contribution in [-0.4, -0.2) is 35.5 Å². The molecule has 130 valence electrons. The van der Waals surface area contributed by atoms with Gasteiger partial charge in [-0.15, -0.1) is 11.8 Å². The highest BCUT2D eigenvalue weighted by molar-refractivity contribution is 8.16. The van der Waals surface area contributed by atoms with Gasteiger partial charge in [-0.3, -0.25) is 5.10 Å². The highest BCUT2D eigenvalue weighted by Crippen LogP contribution is 2.38. The van der Waals surface area contributed by atoms with Crippen molar-refractivity contribution in [3.05, 3.63) is 42.6 Å². The molecule has 0 saturated heterocycles. The van der Waals surface area contributed by atoms with E-state index in [1.54, 1.807) is 30.4 Å². The van der Waals surface area contributed by atoms with Gasteiger partial charge in [0.15, 0.2) is 0 Å². The number of rotatable bonds is 6. The number of H-pyrrole nitrogens is 1. The quantitative estimate of drug-likeness (QED) is 0.507. The first-order chi connectivity index (χ1) is 12.8. The molecular formula is C18H16N6S2. The second-order valence-corrected chi connectivity index (χ2v) is 8.54. The number of pyridine rings is 1. The number of aromatic amines is 1. The van der Waals surface area contributed by atoms with E-state index in [0.29, 0.717) is 5.56 Å². The fourth-order valence-electron chi connectivity index (χ4n) is 2.66. The molecule has 3 aromatic heterocycles. The van der Waals surface area contributed by atoms with Gasteiger partial charge < -0.3 is 0 Å². The summed E-state index contributed by atoms with van der Waals surface area (Å²) in [6.45, 7) is 0. The molecule has 1 N–H and O–H groups in total. The number of nitrogens with zero attached hydrogens (tertiary/aromatic N) is 5. The van der Waals surface area contributed by atoms with E-state index in [2.05, 4.69) is 26.2 Å². The van der Waals surface area contributed by atoms with Gasteiger partial charge in [0.25, 0.3) is 0 Å². The second-order valence-electron chi connectivity index (χ2n) is 5.93. The first-order valence-electron chi connectivity index (χ1n) is 8.30. The zero-order valence-corrected chi connectivity index (χ0v) is 15.6. The summed E-state index contributed by atoms with van der Waals surface area (Å²) in [7, 11) is 0. The van der Waals surface area contributed by atoms with Crippen molar-refractivity contribution in [2.75, 3.05) is 5.08 Å². The molecule has 4 rings (SSSR count). The molecular weight excluding hydrogens is 364 g/mol. The van der Waals surface area contributed by atoms with Gasteiger partial charge in [-0.1, -0.05) is 18.2 Å². The van der Waals surface area contributed by atoms with E-state index in [1.807, 2.05) is 23.9 Å². The van der Waals surface area contributed by atoms with Gasteiger partial charge in [-0.2, -0.15) is 10.4 Å². The Bertz CT molecular complexity index is 917. The van der Waals surface area contributed by atoms with Crippen LogP contribution >= 0.6 is 23.5 Å². The summed E-state index contributed by atoms with van der Waals surface area (Å²) >= 11 is 3.57. The smallest absolute Gasteiger partial charge is 0.116 e. The standard InChI is InChI=1S/C18H16N6S2/c19-7-15-14(16-4-5-22-24-16)6-17(12-8-20-10-21-9-12)23-18(15)26-11-25-13-2-1-3-13/h4-6,8-10,13H,1-3,11H2,(H,22,24). The lowest BCUT2D eigenvalue weighted by Gasteiger charge is -2.24. The molecule has 1 aliphatic rings. The minimum Gasteiger partial charge on any atom is -0.278 e. The summed E-state index contributed by atoms with van der Waals surface area (Å²) in [6.07, 6.45) is 10.6. The molecule has 3 aromatic rings. The van der Waals surface area contributed by atoms with Crippen LogP contribution in [0.5, 0.6) is 0 Å². The van der Waals surface area contributed by atoms with E-state index in [9.17, 15) is 5.26 Å². The number of aromatic nitrogens is 5. The Morgan fingerprint density at radius 3 is 2.77 bits per heavy atom. The molecule has 0 spiro atoms. The van der Waals surface area contributed by atoms with Gasteiger partial charge in [-0.25, -0.2) is 15.0 Å². The molecule has 0 unspecified atom stereocenters. The van der Waals surface area contributed by atoms with Gasteiger partial charge in [-0.05, 0) is 25.0 Å². The van der Waals surface area contributed by atoms with Crippen LogP contribution in [0.1, 0.15) is 24.8 Å². The van der Waals surface area contributed by atoms with Crippen LogP contribution in [0.2, 0.25) is 0 Å². The van der Waals surface area contributed by atoms with E-state index in [0.717, 1.165) is 37.9 Å². The van der Waals surface area contributed by atoms with Crippen molar-refractivity contribution < 1.29 is 0 Å². The third kappa shape index (κ3) is 3.59. The summed E-state index contributed by atoms with van der Waals surface area (Å²) < 4.78 is 0. The molecule has 3 heterocycles. The summed E-state index contributed by atoms with van der Waals surface area (Å²) in [4.78, 5) is 12.9. The van der Waals surface area contributed by atoms with Crippen LogP contribution in [0, 0.1) is 11.3 Å². The minimum absolute atomic E-state index is 0.578. The molecule has 1 fully saturated rings. The lowest BCUT2D eigenvalue weighted by molar-refractivity contribution is 0.523. The lowest BCUT2D eigenvalue weighted by atomic mass is 10.0. The molecule has 8 heteroatoms. The van der Waals surface area contributed by atoms with Crippen molar-refractivity contribution in [1.82, 2.24) is 25.1 Å². The SMILES string of the molecule is N#Cc1c(-c2ccn[nH]2)cc(-c2cncnc2)nc1SCSC1CCC1. The van der Waals surface area contributed by atoms with E-state index in [-0.39, 0.29) is 0 Å². The predicted molar refractivity (Wildman–Crippen MR) is 104 cm³/mol. The summed E-state index contributed by atoms with van der Waals surface area (Å²) in [5.41, 5.74) is 3.76. The Morgan fingerprint density at radius 1 is 1.27 bits per heavy atom. The fourth-order valence-corrected chi connectivity index (χ4v) is 5.27. The maximum Gasteiger partial charge on any atom is 0.116 e. The summed E-state index contributed by atoms with van der Waals surface area (Å²) in [5.74, 6) is 0. The molecule has 0 atom stereocenters. The van der Waals surface area contributed by atoms with Gasteiger partial charge in [0, 0.05) is 40.1 Å².